The summed E-state index contributed by atoms with van der Waals surface area (Å²) in [7, 11) is 0. The van der Waals surface area contributed by atoms with Crippen LogP contribution in [0.5, 0.6) is 0 Å². The first-order valence-corrected chi connectivity index (χ1v) is 2.58. The second-order valence-electron chi connectivity index (χ2n) is 1.62. The minimum atomic E-state index is -0.316. The van der Waals surface area contributed by atoms with E-state index in [0.29, 0.717) is 19.8 Å². The van der Waals surface area contributed by atoms with Crippen molar-refractivity contribution in [3.8, 4) is 0 Å². The molecule has 0 N–H and O–H groups in total. The Balaban J connectivity index is 2.22. The molecule has 0 amide bonds. The lowest BCUT2D eigenvalue weighted by Gasteiger charge is -2.17. The van der Waals surface area contributed by atoms with Gasteiger partial charge in [0.25, 0.3) is 0 Å². The molecule has 3 heteroatoms. The number of ether oxygens (including phenoxy) is 2. The van der Waals surface area contributed by atoms with Crippen molar-refractivity contribution in [1.82, 2.24) is 0 Å². The van der Waals surface area contributed by atoms with Crippen molar-refractivity contribution in [2.75, 3.05) is 19.8 Å². The zero-order chi connectivity index (χ0) is 5.82. The fourth-order valence-corrected chi connectivity index (χ4v) is 0.585. The lowest BCUT2D eigenvalue weighted by atomic mass is 10.4. The molecule has 1 atom stereocenters. The van der Waals surface area contributed by atoms with Crippen LogP contribution in [-0.2, 0) is 14.3 Å². The van der Waals surface area contributed by atoms with Gasteiger partial charge >= 0.3 is 0 Å². The Morgan fingerprint density at radius 1 is 1.50 bits per heavy atom. The molecule has 8 heavy (non-hydrogen) atoms. The molecule has 0 aromatic heterocycles. The van der Waals surface area contributed by atoms with Gasteiger partial charge in [-0.15, -0.1) is 0 Å². The van der Waals surface area contributed by atoms with Gasteiger partial charge in [-0.05, 0) is 0 Å². The van der Waals surface area contributed by atoms with E-state index in [1.807, 2.05) is 0 Å². The second-order valence-corrected chi connectivity index (χ2v) is 1.62. The standard InChI is InChI=1S/C5H8O3/c6-3-5-4-7-1-2-8-5/h3,5H,1-2,4H2/t5-/m1/s1. The van der Waals surface area contributed by atoms with E-state index in [4.69, 9.17) is 9.47 Å². The Morgan fingerprint density at radius 2 is 2.38 bits per heavy atom. The first-order chi connectivity index (χ1) is 3.93. The first kappa shape index (κ1) is 5.72. The zero-order valence-electron chi connectivity index (χ0n) is 4.50. The average Bonchev–Trinajstić information content (AvgIpc) is 1.90. The molecule has 0 saturated carbocycles. The van der Waals surface area contributed by atoms with E-state index in [0.717, 1.165) is 6.29 Å². The highest BCUT2D eigenvalue weighted by molar-refractivity contribution is 5.56. The minimum Gasteiger partial charge on any atom is -0.376 e. The summed E-state index contributed by atoms with van der Waals surface area (Å²) in [6, 6.07) is 0. The normalized spacial score (nSPS) is 29.8. The molecule has 1 aliphatic heterocycles. The van der Waals surface area contributed by atoms with Gasteiger partial charge in [0.05, 0.1) is 19.8 Å². The summed E-state index contributed by atoms with van der Waals surface area (Å²) in [5, 5.41) is 0. The topological polar surface area (TPSA) is 35.5 Å². The van der Waals surface area contributed by atoms with E-state index in [9.17, 15) is 4.79 Å². The number of carbonyl (C=O) groups excluding carboxylic acids is 1. The van der Waals surface area contributed by atoms with Crippen molar-refractivity contribution < 1.29 is 14.3 Å². The van der Waals surface area contributed by atoms with Gasteiger partial charge in [-0.3, -0.25) is 0 Å². The van der Waals surface area contributed by atoms with E-state index in [1.54, 1.807) is 0 Å². The van der Waals surface area contributed by atoms with Gasteiger partial charge in [0, 0.05) is 0 Å². The predicted molar refractivity (Wildman–Crippen MR) is 26.6 cm³/mol. The lowest BCUT2D eigenvalue weighted by molar-refractivity contribution is -0.133. The van der Waals surface area contributed by atoms with Crippen LogP contribution >= 0.6 is 0 Å². The molecule has 0 aromatic rings. The highest BCUT2D eigenvalue weighted by Crippen LogP contribution is 1.95. The van der Waals surface area contributed by atoms with Crippen LogP contribution in [0.4, 0.5) is 0 Å². The number of rotatable bonds is 1. The van der Waals surface area contributed by atoms with Crippen LogP contribution in [-0.4, -0.2) is 32.2 Å². The van der Waals surface area contributed by atoms with Gasteiger partial charge in [0.15, 0.2) is 6.29 Å². The van der Waals surface area contributed by atoms with E-state index in [-0.39, 0.29) is 6.10 Å². The Hall–Kier alpha value is -0.410. The Kier molecular flexibility index (Phi) is 2.00. The van der Waals surface area contributed by atoms with E-state index in [2.05, 4.69) is 0 Å². The maximum atomic E-state index is 9.95. The summed E-state index contributed by atoms with van der Waals surface area (Å²) < 4.78 is 9.85. The summed E-state index contributed by atoms with van der Waals surface area (Å²) in [4.78, 5) is 9.95. The molecule has 1 saturated heterocycles. The molecular weight excluding hydrogens is 108 g/mol. The van der Waals surface area contributed by atoms with Gasteiger partial charge in [-0.1, -0.05) is 0 Å². The van der Waals surface area contributed by atoms with Crippen LogP contribution in [0.2, 0.25) is 0 Å². The van der Waals surface area contributed by atoms with Gasteiger partial charge in [-0.2, -0.15) is 0 Å². The molecule has 1 fully saturated rings. The SMILES string of the molecule is O=C[C@@H]1COCCO1. The fraction of sp³-hybridized carbons (Fsp3) is 0.800. The number of carbonyl (C=O) groups is 1. The van der Waals surface area contributed by atoms with Gasteiger partial charge in [0.1, 0.15) is 6.10 Å². The van der Waals surface area contributed by atoms with Gasteiger partial charge in [-0.25, -0.2) is 0 Å². The third kappa shape index (κ3) is 1.28. The monoisotopic (exact) mass is 116 g/mol. The van der Waals surface area contributed by atoms with Crippen LogP contribution in [0.25, 0.3) is 0 Å². The van der Waals surface area contributed by atoms with Gasteiger partial charge < -0.3 is 14.3 Å². The summed E-state index contributed by atoms with van der Waals surface area (Å²) >= 11 is 0. The molecule has 0 spiro atoms. The van der Waals surface area contributed by atoms with Crippen LogP contribution < -0.4 is 0 Å². The largest absolute Gasteiger partial charge is 0.376 e. The number of hydrogen-bond acceptors (Lipinski definition) is 3. The quantitative estimate of drug-likeness (QED) is 0.437. The minimum absolute atomic E-state index is 0.316. The molecule has 0 unspecified atom stereocenters. The zero-order valence-corrected chi connectivity index (χ0v) is 4.50. The molecule has 0 radical (unpaired) electrons. The summed E-state index contributed by atoms with van der Waals surface area (Å²) in [5.74, 6) is 0. The van der Waals surface area contributed by atoms with Crippen LogP contribution in [0.3, 0.4) is 0 Å². The van der Waals surface area contributed by atoms with Crippen molar-refractivity contribution >= 4 is 6.29 Å². The van der Waals surface area contributed by atoms with Crippen molar-refractivity contribution in [2.45, 2.75) is 6.10 Å². The van der Waals surface area contributed by atoms with Crippen molar-refractivity contribution in [2.24, 2.45) is 0 Å². The Morgan fingerprint density at radius 3 is 2.75 bits per heavy atom. The highest BCUT2D eigenvalue weighted by atomic mass is 16.6. The van der Waals surface area contributed by atoms with E-state index < -0.39 is 0 Å². The molecule has 3 nitrogen and oxygen atoms in total. The molecule has 0 bridgehead atoms. The van der Waals surface area contributed by atoms with Crippen LogP contribution in [0.15, 0.2) is 0 Å². The second kappa shape index (κ2) is 2.79. The average molecular weight is 116 g/mol. The molecule has 1 heterocycles. The Labute approximate surface area is 47.6 Å². The maximum absolute atomic E-state index is 9.95. The smallest absolute Gasteiger partial charge is 0.151 e. The first-order valence-electron chi connectivity index (χ1n) is 2.58. The van der Waals surface area contributed by atoms with Gasteiger partial charge in [0.2, 0.25) is 0 Å². The maximum Gasteiger partial charge on any atom is 0.151 e. The van der Waals surface area contributed by atoms with Crippen molar-refractivity contribution in [3.63, 3.8) is 0 Å². The third-order valence-electron chi connectivity index (χ3n) is 0.993. The number of hydrogen-bond donors (Lipinski definition) is 0. The molecule has 46 valence electrons. The van der Waals surface area contributed by atoms with E-state index in [1.165, 1.54) is 0 Å². The number of aldehydes is 1. The predicted octanol–water partition coefficient (Wildman–Crippen LogP) is -0.399. The molecule has 0 aromatic carbocycles. The van der Waals surface area contributed by atoms with Crippen molar-refractivity contribution in [1.29, 1.82) is 0 Å². The fourth-order valence-electron chi connectivity index (χ4n) is 0.585. The molecule has 1 rings (SSSR count). The van der Waals surface area contributed by atoms with Crippen LogP contribution in [0, 0.1) is 0 Å². The van der Waals surface area contributed by atoms with Crippen LogP contribution in [0.1, 0.15) is 0 Å². The Bertz CT molecular complexity index is 75.7. The molecule has 0 aliphatic carbocycles. The summed E-state index contributed by atoms with van der Waals surface area (Å²) in [6.45, 7) is 1.58. The van der Waals surface area contributed by atoms with E-state index >= 15 is 0 Å². The highest BCUT2D eigenvalue weighted by Gasteiger charge is 2.11. The third-order valence-corrected chi connectivity index (χ3v) is 0.993. The lowest BCUT2D eigenvalue weighted by Crippen LogP contribution is -2.29. The summed E-state index contributed by atoms with van der Waals surface area (Å²) in [5.41, 5.74) is 0. The molecule has 1 aliphatic rings. The molecular formula is C5H8O3. The van der Waals surface area contributed by atoms with Crippen molar-refractivity contribution in [3.05, 3.63) is 0 Å². The summed E-state index contributed by atoms with van der Waals surface area (Å²) in [6.07, 6.45) is 0.447.